The highest BCUT2D eigenvalue weighted by Gasteiger charge is 2.71. The van der Waals surface area contributed by atoms with Crippen molar-refractivity contribution in [2.24, 2.45) is 0 Å². The summed E-state index contributed by atoms with van der Waals surface area (Å²) >= 11 is 12.3. The predicted molar refractivity (Wildman–Crippen MR) is 110 cm³/mol. The summed E-state index contributed by atoms with van der Waals surface area (Å²) in [6.07, 6.45) is -10.3. The van der Waals surface area contributed by atoms with Gasteiger partial charge in [-0.3, -0.25) is 0 Å². The monoisotopic (exact) mass is 487 g/mol. The summed E-state index contributed by atoms with van der Waals surface area (Å²) in [5.41, 5.74) is -4.41. The third-order valence-corrected chi connectivity index (χ3v) is 5.75. The lowest BCUT2D eigenvalue weighted by atomic mass is 9.92. The summed E-state index contributed by atoms with van der Waals surface area (Å²) in [7, 11) is 0. The zero-order chi connectivity index (χ0) is 23.6. The quantitative estimate of drug-likeness (QED) is 0.410. The zero-order valence-electron chi connectivity index (χ0n) is 16.7. The van der Waals surface area contributed by atoms with Crippen molar-refractivity contribution >= 4 is 28.9 Å². The molecule has 0 heterocycles. The molecule has 0 atom stereocenters. The molecule has 10 heteroatoms. The Bertz CT molecular complexity index is 859. The summed E-state index contributed by atoms with van der Waals surface area (Å²) in [4.78, 5) is 1.80. The van der Waals surface area contributed by atoms with Crippen LogP contribution in [0.15, 0.2) is 36.4 Å². The van der Waals surface area contributed by atoms with Crippen LogP contribution in [0.3, 0.4) is 0 Å². The third kappa shape index (κ3) is 5.41. The number of alkyl halides is 6. The van der Waals surface area contributed by atoms with E-state index in [1.807, 2.05) is 6.92 Å². The fourth-order valence-electron chi connectivity index (χ4n) is 3.06. The molecule has 0 aliphatic carbocycles. The molecular formula is C21H21Cl2F6NO. The van der Waals surface area contributed by atoms with Crippen molar-refractivity contribution in [1.82, 2.24) is 0 Å². The van der Waals surface area contributed by atoms with Gasteiger partial charge in [-0.15, -0.1) is 0 Å². The van der Waals surface area contributed by atoms with E-state index in [2.05, 4.69) is 0 Å². The summed E-state index contributed by atoms with van der Waals surface area (Å²) in [5, 5.41) is 10.5. The lowest BCUT2D eigenvalue weighted by Crippen LogP contribution is -2.53. The normalized spacial score (nSPS) is 12.9. The summed E-state index contributed by atoms with van der Waals surface area (Å²) in [6, 6.07) is 6.97. The fourth-order valence-corrected chi connectivity index (χ4v) is 3.59. The number of unbranched alkanes of at least 4 members (excludes halogenated alkanes) is 1. The van der Waals surface area contributed by atoms with Gasteiger partial charge >= 0.3 is 12.4 Å². The molecule has 1 N–H and O–H groups in total. The van der Waals surface area contributed by atoms with E-state index in [0.717, 1.165) is 30.5 Å². The molecule has 0 fully saturated rings. The highest BCUT2D eigenvalue weighted by molar-refractivity contribution is 6.36. The molecule has 0 unspecified atom stereocenters. The molecule has 2 aromatic rings. The Morgan fingerprint density at radius 1 is 0.903 bits per heavy atom. The van der Waals surface area contributed by atoms with Gasteiger partial charge in [-0.05, 0) is 48.7 Å². The maximum atomic E-state index is 13.1. The van der Waals surface area contributed by atoms with Gasteiger partial charge in [0.15, 0.2) is 0 Å². The summed E-state index contributed by atoms with van der Waals surface area (Å²) < 4.78 is 78.6. The van der Waals surface area contributed by atoms with Gasteiger partial charge in [0.1, 0.15) is 0 Å². The Labute approximate surface area is 186 Å². The number of rotatable bonds is 7. The van der Waals surface area contributed by atoms with Crippen LogP contribution in [0, 0.1) is 6.92 Å². The Balaban J connectivity index is 2.41. The Kier molecular flexibility index (Phi) is 7.82. The van der Waals surface area contributed by atoms with Gasteiger partial charge < -0.3 is 10.0 Å². The number of halogens is 8. The second-order valence-corrected chi connectivity index (χ2v) is 8.03. The standard InChI is InChI=1S/C21H21Cl2F6NO/c1-3-4-9-30(12-14-10-17(22)13(2)18(23)11-14)16-7-5-15(6-8-16)19(31,20(24,25)26)21(27,28)29/h5-8,10-11,31H,3-4,9,12H2,1-2H3. The van der Waals surface area contributed by atoms with E-state index < -0.39 is 23.5 Å². The van der Waals surface area contributed by atoms with Crippen LogP contribution >= 0.6 is 23.2 Å². The molecule has 0 bridgehead atoms. The SMILES string of the molecule is CCCCN(Cc1cc(Cl)c(C)c(Cl)c1)c1ccc(C(O)(C(F)(F)F)C(F)(F)F)cc1. The highest BCUT2D eigenvalue weighted by atomic mass is 35.5. The second kappa shape index (κ2) is 9.46. The average Bonchev–Trinajstić information content (AvgIpc) is 2.67. The van der Waals surface area contributed by atoms with E-state index in [1.54, 1.807) is 24.0 Å². The molecule has 0 saturated heterocycles. The molecule has 0 amide bonds. The first-order valence-electron chi connectivity index (χ1n) is 9.38. The zero-order valence-corrected chi connectivity index (χ0v) is 18.2. The molecule has 0 aromatic heterocycles. The molecule has 31 heavy (non-hydrogen) atoms. The van der Waals surface area contributed by atoms with Crippen molar-refractivity contribution in [3.8, 4) is 0 Å². The Hall–Kier alpha value is -1.64. The molecule has 172 valence electrons. The molecule has 0 aliphatic rings. The molecule has 0 aliphatic heterocycles. The van der Waals surface area contributed by atoms with E-state index in [-0.39, 0.29) is 0 Å². The van der Waals surface area contributed by atoms with Crippen LogP contribution < -0.4 is 4.90 Å². The number of anilines is 1. The lowest BCUT2D eigenvalue weighted by molar-refractivity contribution is -0.376. The topological polar surface area (TPSA) is 23.5 Å². The van der Waals surface area contributed by atoms with Crippen molar-refractivity contribution in [2.75, 3.05) is 11.4 Å². The van der Waals surface area contributed by atoms with Crippen molar-refractivity contribution < 1.29 is 31.4 Å². The number of nitrogens with zero attached hydrogens (tertiary/aromatic N) is 1. The maximum absolute atomic E-state index is 13.1. The van der Waals surface area contributed by atoms with E-state index in [4.69, 9.17) is 23.2 Å². The van der Waals surface area contributed by atoms with Crippen LogP contribution in [0.2, 0.25) is 10.0 Å². The summed E-state index contributed by atoms with van der Waals surface area (Å²) in [5.74, 6) is 0. The first-order valence-corrected chi connectivity index (χ1v) is 10.1. The number of hydrogen-bond acceptors (Lipinski definition) is 2. The average molecular weight is 488 g/mol. The summed E-state index contributed by atoms with van der Waals surface area (Å²) in [6.45, 7) is 4.50. The molecule has 0 spiro atoms. The lowest BCUT2D eigenvalue weighted by Gasteiger charge is -2.33. The van der Waals surface area contributed by atoms with E-state index in [0.29, 0.717) is 46.5 Å². The third-order valence-electron chi connectivity index (χ3n) is 4.97. The van der Waals surface area contributed by atoms with E-state index in [1.165, 1.54) is 0 Å². The van der Waals surface area contributed by atoms with E-state index in [9.17, 15) is 31.4 Å². The first-order chi connectivity index (χ1) is 14.2. The van der Waals surface area contributed by atoms with Crippen molar-refractivity contribution in [3.63, 3.8) is 0 Å². The molecule has 2 rings (SSSR count). The van der Waals surface area contributed by atoms with Crippen molar-refractivity contribution in [2.45, 2.75) is 51.2 Å². The highest BCUT2D eigenvalue weighted by Crippen LogP contribution is 2.50. The van der Waals surface area contributed by atoms with Crippen LogP contribution in [0.1, 0.15) is 36.5 Å². The van der Waals surface area contributed by atoms with E-state index >= 15 is 0 Å². The molecule has 0 radical (unpaired) electrons. The maximum Gasteiger partial charge on any atom is 0.430 e. The van der Waals surface area contributed by atoms with Crippen LogP contribution in [0.5, 0.6) is 0 Å². The molecule has 2 aromatic carbocycles. The minimum Gasteiger partial charge on any atom is -0.369 e. The van der Waals surface area contributed by atoms with Gasteiger partial charge in [-0.25, -0.2) is 0 Å². The van der Waals surface area contributed by atoms with Gasteiger partial charge in [0.05, 0.1) is 0 Å². The minimum absolute atomic E-state index is 0.294. The number of benzene rings is 2. The number of aliphatic hydroxyl groups is 1. The van der Waals surface area contributed by atoms with Crippen LogP contribution in [-0.2, 0) is 12.1 Å². The van der Waals surface area contributed by atoms with Crippen molar-refractivity contribution in [1.29, 1.82) is 0 Å². The largest absolute Gasteiger partial charge is 0.430 e. The molecule has 0 saturated carbocycles. The second-order valence-electron chi connectivity index (χ2n) is 7.21. The molecule has 2 nitrogen and oxygen atoms in total. The van der Waals surface area contributed by atoms with Crippen LogP contribution in [0.4, 0.5) is 32.0 Å². The van der Waals surface area contributed by atoms with Gasteiger partial charge in [-0.1, -0.05) is 48.7 Å². The number of hydrogen-bond donors (Lipinski definition) is 1. The van der Waals surface area contributed by atoms with Gasteiger partial charge in [-0.2, -0.15) is 26.3 Å². The van der Waals surface area contributed by atoms with Gasteiger partial charge in [0, 0.05) is 34.4 Å². The smallest absolute Gasteiger partial charge is 0.369 e. The Morgan fingerprint density at radius 2 is 1.39 bits per heavy atom. The minimum atomic E-state index is -5.93. The first kappa shape index (κ1) is 25.6. The fraction of sp³-hybridized carbons (Fsp3) is 0.429. The van der Waals surface area contributed by atoms with Gasteiger partial charge in [0.2, 0.25) is 0 Å². The predicted octanol–water partition coefficient (Wildman–Crippen LogP) is 7.42. The Morgan fingerprint density at radius 3 is 1.81 bits per heavy atom. The van der Waals surface area contributed by atoms with Crippen molar-refractivity contribution in [3.05, 3.63) is 63.1 Å². The molecular weight excluding hydrogens is 467 g/mol. The van der Waals surface area contributed by atoms with Gasteiger partial charge in [0.25, 0.3) is 5.60 Å². The van der Waals surface area contributed by atoms with Crippen LogP contribution in [0.25, 0.3) is 0 Å². The van der Waals surface area contributed by atoms with Crippen LogP contribution in [-0.4, -0.2) is 24.0 Å².